The standard InChI is InChI=1S/C32H62N2/c1-5-8-10-11-12-13-14-15-16-17-18-19-20-21-22-24-27-31(25-7-3)32-33-28-29-34(32)30(4)26-23-9-6-2/h28-31H,5-27H2,1-4H3/p+1. The maximum absolute atomic E-state index is 3.63. The van der Waals surface area contributed by atoms with Crippen LogP contribution in [-0.2, 0) is 0 Å². The van der Waals surface area contributed by atoms with E-state index in [2.05, 4.69) is 49.6 Å². The molecule has 0 aliphatic rings. The third-order valence-corrected chi connectivity index (χ3v) is 7.87. The second kappa shape index (κ2) is 22.7. The average Bonchev–Trinajstić information content (AvgIpc) is 3.33. The number of imidazole rings is 1. The van der Waals surface area contributed by atoms with Gasteiger partial charge in [-0.1, -0.05) is 143 Å². The van der Waals surface area contributed by atoms with Gasteiger partial charge in [-0.3, -0.25) is 0 Å². The van der Waals surface area contributed by atoms with Gasteiger partial charge in [0, 0.05) is 0 Å². The van der Waals surface area contributed by atoms with E-state index in [4.69, 9.17) is 0 Å². The minimum Gasteiger partial charge on any atom is -0.247 e. The molecule has 1 rings (SSSR count). The minimum atomic E-state index is 0.623. The van der Waals surface area contributed by atoms with Crippen LogP contribution in [0.15, 0.2) is 12.4 Å². The van der Waals surface area contributed by atoms with E-state index < -0.39 is 0 Å². The Morgan fingerprint density at radius 1 is 0.559 bits per heavy atom. The summed E-state index contributed by atoms with van der Waals surface area (Å²) in [5, 5.41) is 0. The molecule has 2 atom stereocenters. The van der Waals surface area contributed by atoms with Gasteiger partial charge in [-0.05, 0) is 32.6 Å². The van der Waals surface area contributed by atoms with Crippen LogP contribution in [0.3, 0.4) is 0 Å². The first-order valence-corrected chi connectivity index (χ1v) is 15.8. The highest BCUT2D eigenvalue weighted by Crippen LogP contribution is 2.26. The summed E-state index contributed by atoms with van der Waals surface area (Å²) in [6, 6.07) is 0.623. The summed E-state index contributed by atoms with van der Waals surface area (Å²) >= 11 is 0. The Bertz CT molecular complexity index is 535. The zero-order chi connectivity index (χ0) is 24.7. The van der Waals surface area contributed by atoms with Crippen LogP contribution < -0.4 is 4.57 Å². The van der Waals surface area contributed by atoms with Gasteiger partial charge in [0.25, 0.3) is 5.82 Å². The quantitative estimate of drug-likeness (QED) is 0.107. The Morgan fingerprint density at radius 2 is 1.00 bits per heavy atom. The number of nitrogens with zero attached hydrogens (tertiary/aromatic N) is 1. The van der Waals surface area contributed by atoms with Crippen molar-refractivity contribution < 1.29 is 4.57 Å². The summed E-state index contributed by atoms with van der Waals surface area (Å²) in [5.74, 6) is 2.20. The Hall–Kier alpha value is -0.790. The lowest BCUT2D eigenvalue weighted by Crippen LogP contribution is -2.41. The van der Waals surface area contributed by atoms with E-state index >= 15 is 0 Å². The third kappa shape index (κ3) is 15.3. The molecule has 1 aromatic heterocycles. The molecule has 0 radical (unpaired) electrons. The molecule has 0 spiro atoms. The number of unbranched alkanes of at least 4 members (excludes halogenated alkanes) is 17. The summed E-state index contributed by atoms with van der Waals surface area (Å²) in [5.41, 5.74) is 0. The molecule has 1 heterocycles. The molecule has 0 aliphatic carbocycles. The SMILES string of the molecule is CCCCCCCCCCCCCCCCCCC(CCC)c1[nH]cc[n+]1C(C)CCCCC. The van der Waals surface area contributed by atoms with Crippen molar-refractivity contribution >= 4 is 0 Å². The zero-order valence-corrected chi connectivity index (χ0v) is 24.0. The van der Waals surface area contributed by atoms with Crippen molar-refractivity contribution in [2.45, 2.75) is 187 Å². The smallest absolute Gasteiger partial charge is 0.247 e. The second-order valence-corrected chi connectivity index (χ2v) is 11.2. The minimum absolute atomic E-state index is 0.623. The molecule has 200 valence electrons. The van der Waals surface area contributed by atoms with Crippen LogP contribution in [0.4, 0.5) is 0 Å². The Labute approximate surface area is 215 Å². The Kier molecular flexibility index (Phi) is 20.8. The molecule has 2 nitrogen and oxygen atoms in total. The number of H-pyrrole nitrogens is 1. The number of hydrogen-bond acceptors (Lipinski definition) is 0. The largest absolute Gasteiger partial charge is 0.257 e. The van der Waals surface area contributed by atoms with Gasteiger partial charge >= 0.3 is 0 Å². The Morgan fingerprint density at radius 3 is 1.50 bits per heavy atom. The fourth-order valence-corrected chi connectivity index (χ4v) is 5.60. The van der Waals surface area contributed by atoms with E-state index in [0.717, 1.165) is 0 Å². The van der Waals surface area contributed by atoms with Crippen LogP contribution in [0.1, 0.15) is 193 Å². The summed E-state index contributed by atoms with van der Waals surface area (Å²) < 4.78 is 2.56. The van der Waals surface area contributed by atoms with Gasteiger partial charge < -0.3 is 0 Å². The molecule has 2 unspecified atom stereocenters. The molecule has 0 fully saturated rings. The van der Waals surface area contributed by atoms with Gasteiger partial charge in [-0.15, -0.1) is 0 Å². The first kappa shape index (κ1) is 31.2. The van der Waals surface area contributed by atoms with Crippen molar-refractivity contribution in [2.75, 3.05) is 0 Å². The lowest BCUT2D eigenvalue weighted by molar-refractivity contribution is -0.727. The van der Waals surface area contributed by atoms with Crippen LogP contribution in [0.2, 0.25) is 0 Å². The monoisotopic (exact) mass is 475 g/mol. The van der Waals surface area contributed by atoms with Crippen molar-refractivity contribution in [3.05, 3.63) is 18.2 Å². The third-order valence-electron chi connectivity index (χ3n) is 7.87. The van der Waals surface area contributed by atoms with Crippen LogP contribution in [0.25, 0.3) is 0 Å². The van der Waals surface area contributed by atoms with Gasteiger partial charge in [0.1, 0.15) is 12.4 Å². The molecule has 0 aromatic carbocycles. The van der Waals surface area contributed by atoms with Crippen LogP contribution in [0, 0.1) is 0 Å². The van der Waals surface area contributed by atoms with Crippen molar-refractivity contribution in [2.24, 2.45) is 0 Å². The predicted molar refractivity (Wildman–Crippen MR) is 152 cm³/mol. The maximum Gasteiger partial charge on any atom is 0.257 e. The van der Waals surface area contributed by atoms with Gasteiger partial charge in [-0.2, -0.15) is 0 Å². The molecule has 0 amide bonds. The number of hydrogen-bond donors (Lipinski definition) is 1. The predicted octanol–water partition coefficient (Wildman–Crippen LogP) is 11.0. The molecule has 34 heavy (non-hydrogen) atoms. The molecule has 0 bridgehead atoms. The van der Waals surface area contributed by atoms with Crippen molar-refractivity contribution in [3.63, 3.8) is 0 Å². The first-order chi connectivity index (χ1) is 16.7. The highest BCUT2D eigenvalue weighted by Gasteiger charge is 2.24. The summed E-state index contributed by atoms with van der Waals surface area (Å²) in [6.45, 7) is 9.36. The van der Waals surface area contributed by atoms with E-state index in [1.165, 1.54) is 154 Å². The zero-order valence-electron chi connectivity index (χ0n) is 24.0. The molecule has 0 aliphatic heterocycles. The van der Waals surface area contributed by atoms with Crippen molar-refractivity contribution in [1.29, 1.82) is 0 Å². The van der Waals surface area contributed by atoms with Crippen LogP contribution in [0.5, 0.6) is 0 Å². The fraction of sp³-hybridized carbons (Fsp3) is 0.906. The van der Waals surface area contributed by atoms with Crippen LogP contribution in [-0.4, -0.2) is 4.98 Å². The summed E-state index contributed by atoms with van der Waals surface area (Å²) in [4.78, 5) is 3.63. The van der Waals surface area contributed by atoms with Gasteiger partial charge in [0.15, 0.2) is 0 Å². The van der Waals surface area contributed by atoms with Gasteiger partial charge in [-0.25, -0.2) is 9.55 Å². The van der Waals surface area contributed by atoms with Gasteiger partial charge in [0.2, 0.25) is 0 Å². The normalized spacial score (nSPS) is 13.4. The second-order valence-electron chi connectivity index (χ2n) is 11.2. The number of aromatic nitrogens is 2. The van der Waals surface area contributed by atoms with Crippen molar-refractivity contribution in [3.8, 4) is 0 Å². The maximum atomic E-state index is 3.63. The number of rotatable bonds is 25. The molecule has 1 N–H and O–H groups in total. The van der Waals surface area contributed by atoms with Crippen LogP contribution >= 0.6 is 0 Å². The molecule has 0 saturated heterocycles. The number of aromatic amines is 1. The fourth-order valence-electron chi connectivity index (χ4n) is 5.60. The highest BCUT2D eigenvalue weighted by molar-refractivity contribution is 4.90. The number of nitrogens with one attached hydrogen (secondary N) is 1. The molecular formula is C32H63N2+. The molecule has 2 heteroatoms. The van der Waals surface area contributed by atoms with E-state index in [1.54, 1.807) is 0 Å². The van der Waals surface area contributed by atoms with E-state index in [9.17, 15) is 0 Å². The van der Waals surface area contributed by atoms with Gasteiger partial charge in [0.05, 0.1) is 12.0 Å². The average molecular weight is 476 g/mol. The molecular weight excluding hydrogens is 412 g/mol. The van der Waals surface area contributed by atoms with E-state index in [-0.39, 0.29) is 0 Å². The summed E-state index contributed by atoms with van der Waals surface area (Å²) in [6.07, 6.45) is 37.0. The molecule has 0 saturated carbocycles. The lowest BCUT2D eigenvalue weighted by atomic mass is 9.94. The lowest BCUT2D eigenvalue weighted by Gasteiger charge is -2.16. The van der Waals surface area contributed by atoms with E-state index in [0.29, 0.717) is 12.0 Å². The topological polar surface area (TPSA) is 19.7 Å². The summed E-state index contributed by atoms with van der Waals surface area (Å²) in [7, 11) is 0. The first-order valence-electron chi connectivity index (χ1n) is 15.8. The Balaban J connectivity index is 2.09. The highest BCUT2D eigenvalue weighted by atomic mass is 15.1. The van der Waals surface area contributed by atoms with Crippen molar-refractivity contribution in [1.82, 2.24) is 4.98 Å². The van der Waals surface area contributed by atoms with E-state index in [1.807, 2.05) is 0 Å². The molecule has 1 aromatic rings.